The maximum atomic E-state index is 12.8. The lowest BCUT2D eigenvalue weighted by atomic mass is 9.88. The predicted octanol–water partition coefficient (Wildman–Crippen LogP) is 3.23. The molecule has 1 fully saturated rings. The zero-order valence-corrected chi connectivity index (χ0v) is 12.3. The van der Waals surface area contributed by atoms with Gasteiger partial charge in [0.05, 0.1) is 5.92 Å². The van der Waals surface area contributed by atoms with Crippen molar-refractivity contribution < 1.29 is 4.79 Å². The monoisotopic (exact) mass is 272 g/mol. The molecule has 1 unspecified atom stereocenters. The molecule has 1 atom stereocenters. The maximum Gasteiger partial charge on any atom is 0.230 e. The van der Waals surface area contributed by atoms with Crippen LogP contribution >= 0.6 is 0 Å². The van der Waals surface area contributed by atoms with Gasteiger partial charge in [0, 0.05) is 25.3 Å². The Morgan fingerprint density at radius 2 is 2.00 bits per heavy atom. The Kier molecular flexibility index (Phi) is 3.95. The Morgan fingerprint density at radius 1 is 1.25 bits per heavy atom. The third-order valence-electron chi connectivity index (χ3n) is 4.89. The lowest BCUT2D eigenvalue weighted by Gasteiger charge is -2.35. The molecule has 0 bridgehead atoms. The number of nitrogens with one attached hydrogen (secondary N) is 1. The number of amides is 1. The number of carbonyl (C=O) groups is 1. The van der Waals surface area contributed by atoms with Crippen molar-refractivity contribution >= 4 is 11.6 Å². The fourth-order valence-electron chi connectivity index (χ4n) is 3.51. The molecule has 1 aromatic carbocycles. The molecule has 2 aliphatic rings. The van der Waals surface area contributed by atoms with Crippen LogP contribution in [0, 0.1) is 5.92 Å². The standard InChI is InChI=1S/C17H24N2O/c1-2-13-8-11-19(12-9-13)17(20)15-7-10-18-16-6-4-3-5-14(15)16/h3-6,13,15,18H,2,7-12H2,1H3. The number of hydrogen-bond acceptors (Lipinski definition) is 2. The Labute approximate surface area is 121 Å². The van der Waals surface area contributed by atoms with Crippen molar-refractivity contribution in [3.05, 3.63) is 29.8 Å². The summed E-state index contributed by atoms with van der Waals surface area (Å²) >= 11 is 0. The van der Waals surface area contributed by atoms with Crippen LogP contribution in [0.4, 0.5) is 5.69 Å². The van der Waals surface area contributed by atoms with Gasteiger partial charge in [0.2, 0.25) is 5.91 Å². The van der Waals surface area contributed by atoms with E-state index in [0.29, 0.717) is 5.91 Å². The van der Waals surface area contributed by atoms with E-state index in [9.17, 15) is 4.79 Å². The zero-order chi connectivity index (χ0) is 13.9. The van der Waals surface area contributed by atoms with Gasteiger partial charge in [-0.05, 0) is 36.8 Å². The first kappa shape index (κ1) is 13.5. The highest BCUT2D eigenvalue weighted by atomic mass is 16.2. The van der Waals surface area contributed by atoms with Gasteiger partial charge in [-0.25, -0.2) is 0 Å². The molecular formula is C17H24N2O. The zero-order valence-electron chi connectivity index (χ0n) is 12.3. The topological polar surface area (TPSA) is 32.3 Å². The summed E-state index contributed by atoms with van der Waals surface area (Å²) in [5.41, 5.74) is 2.32. The van der Waals surface area contributed by atoms with Crippen LogP contribution in [0.1, 0.15) is 44.1 Å². The molecule has 108 valence electrons. The molecule has 3 nitrogen and oxygen atoms in total. The highest BCUT2D eigenvalue weighted by Crippen LogP contribution is 2.33. The molecule has 20 heavy (non-hydrogen) atoms. The second-order valence-corrected chi connectivity index (χ2v) is 6.03. The lowest BCUT2D eigenvalue weighted by molar-refractivity contribution is -0.134. The van der Waals surface area contributed by atoms with E-state index in [-0.39, 0.29) is 5.92 Å². The van der Waals surface area contributed by atoms with E-state index >= 15 is 0 Å². The van der Waals surface area contributed by atoms with Gasteiger partial charge >= 0.3 is 0 Å². The van der Waals surface area contributed by atoms with Crippen molar-refractivity contribution in [1.29, 1.82) is 0 Å². The molecule has 0 radical (unpaired) electrons. The maximum absolute atomic E-state index is 12.8. The molecule has 0 saturated carbocycles. The first-order valence-corrected chi connectivity index (χ1v) is 7.91. The summed E-state index contributed by atoms with van der Waals surface area (Å²) in [6, 6.07) is 8.25. The average Bonchev–Trinajstić information content (AvgIpc) is 2.54. The van der Waals surface area contributed by atoms with Crippen LogP contribution in [0.2, 0.25) is 0 Å². The van der Waals surface area contributed by atoms with Crippen LogP contribution in [0.15, 0.2) is 24.3 Å². The van der Waals surface area contributed by atoms with Gasteiger partial charge in [-0.3, -0.25) is 4.79 Å². The summed E-state index contributed by atoms with van der Waals surface area (Å²) in [5.74, 6) is 1.22. The van der Waals surface area contributed by atoms with Crippen molar-refractivity contribution in [2.75, 3.05) is 25.0 Å². The Morgan fingerprint density at radius 3 is 2.75 bits per heavy atom. The number of para-hydroxylation sites is 1. The summed E-state index contributed by atoms with van der Waals surface area (Å²) in [4.78, 5) is 14.9. The van der Waals surface area contributed by atoms with Gasteiger partial charge in [-0.2, -0.15) is 0 Å². The number of likely N-dealkylation sites (tertiary alicyclic amines) is 1. The number of nitrogens with zero attached hydrogens (tertiary/aromatic N) is 1. The number of hydrogen-bond donors (Lipinski definition) is 1. The van der Waals surface area contributed by atoms with E-state index in [2.05, 4.69) is 29.3 Å². The summed E-state index contributed by atoms with van der Waals surface area (Å²) in [6.45, 7) is 5.05. The van der Waals surface area contributed by atoms with Gasteiger partial charge in [-0.15, -0.1) is 0 Å². The molecule has 0 spiro atoms. The lowest BCUT2D eigenvalue weighted by Crippen LogP contribution is -2.42. The molecule has 1 aromatic rings. The largest absolute Gasteiger partial charge is 0.385 e. The van der Waals surface area contributed by atoms with E-state index in [4.69, 9.17) is 0 Å². The van der Waals surface area contributed by atoms with E-state index in [0.717, 1.165) is 37.7 Å². The molecular weight excluding hydrogens is 248 g/mol. The normalized spacial score (nSPS) is 23.1. The number of anilines is 1. The van der Waals surface area contributed by atoms with E-state index in [1.807, 2.05) is 12.1 Å². The quantitative estimate of drug-likeness (QED) is 0.896. The van der Waals surface area contributed by atoms with Crippen molar-refractivity contribution in [3.8, 4) is 0 Å². The Balaban J connectivity index is 1.72. The first-order valence-electron chi connectivity index (χ1n) is 7.91. The summed E-state index contributed by atoms with van der Waals surface area (Å²) in [5, 5.41) is 3.40. The Bertz CT molecular complexity index is 478. The predicted molar refractivity (Wildman–Crippen MR) is 81.9 cm³/mol. The molecule has 2 aliphatic heterocycles. The third kappa shape index (κ3) is 2.54. The van der Waals surface area contributed by atoms with Crippen molar-refractivity contribution in [3.63, 3.8) is 0 Å². The SMILES string of the molecule is CCC1CCN(C(=O)C2CCNc3ccccc32)CC1. The molecule has 1 amide bonds. The highest BCUT2D eigenvalue weighted by Gasteiger charge is 2.31. The molecule has 0 aliphatic carbocycles. The van der Waals surface area contributed by atoms with Crippen LogP contribution < -0.4 is 5.32 Å². The molecule has 1 N–H and O–H groups in total. The molecule has 1 saturated heterocycles. The van der Waals surface area contributed by atoms with E-state index in [1.54, 1.807) is 0 Å². The number of benzene rings is 1. The van der Waals surface area contributed by atoms with E-state index < -0.39 is 0 Å². The van der Waals surface area contributed by atoms with Crippen molar-refractivity contribution in [2.24, 2.45) is 5.92 Å². The fourth-order valence-corrected chi connectivity index (χ4v) is 3.51. The number of piperidine rings is 1. The van der Waals surface area contributed by atoms with Crippen LogP contribution in [-0.2, 0) is 4.79 Å². The molecule has 2 heterocycles. The van der Waals surface area contributed by atoms with Gasteiger partial charge in [0.25, 0.3) is 0 Å². The summed E-state index contributed by atoms with van der Waals surface area (Å²) < 4.78 is 0. The number of fused-ring (bicyclic) bond motifs is 1. The van der Waals surface area contributed by atoms with Gasteiger partial charge < -0.3 is 10.2 Å². The summed E-state index contributed by atoms with van der Waals surface area (Å²) in [6.07, 6.45) is 4.52. The fraction of sp³-hybridized carbons (Fsp3) is 0.588. The second-order valence-electron chi connectivity index (χ2n) is 6.03. The number of rotatable bonds is 2. The van der Waals surface area contributed by atoms with Crippen LogP contribution in [0.25, 0.3) is 0 Å². The molecule has 0 aromatic heterocycles. The Hall–Kier alpha value is -1.51. The average molecular weight is 272 g/mol. The summed E-state index contributed by atoms with van der Waals surface area (Å²) in [7, 11) is 0. The van der Waals surface area contributed by atoms with Gasteiger partial charge in [0.1, 0.15) is 0 Å². The van der Waals surface area contributed by atoms with Gasteiger partial charge in [-0.1, -0.05) is 31.5 Å². The minimum atomic E-state index is 0.0608. The highest BCUT2D eigenvalue weighted by molar-refractivity contribution is 5.86. The molecule has 3 rings (SSSR count). The molecule has 3 heteroatoms. The second kappa shape index (κ2) is 5.86. The minimum Gasteiger partial charge on any atom is -0.385 e. The van der Waals surface area contributed by atoms with Crippen molar-refractivity contribution in [1.82, 2.24) is 4.90 Å². The van der Waals surface area contributed by atoms with Crippen molar-refractivity contribution in [2.45, 2.75) is 38.5 Å². The van der Waals surface area contributed by atoms with Crippen LogP contribution in [0.3, 0.4) is 0 Å². The first-order chi connectivity index (χ1) is 9.79. The van der Waals surface area contributed by atoms with E-state index in [1.165, 1.54) is 24.8 Å². The minimum absolute atomic E-state index is 0.0608. The van der Waals surface area contributed by atoms with Crippen LogP contribution in [0.5, 0.6) is 0 Å². The smallest absolute Gasteiger partial charge is 0.230 e. The van der Waals surface area contributed by atoms with Gasteiger partial charge in [0.15, 0.2) is 0 Å². The third-order valence-corrected chi connectivity index (χ3v) is 4.89. The van der Waals surface area contributed by atoms with Crippen LogP contribution in [-0.4, -0.2) is 30.4 Å². The number of carbonyl (C=O) groups excluding carboxylic acids is 1.